The van der Waals surface area contributed by atoms with E-state index in [1.165, 1.54) is 4.90 Å². The molecule has 0 saturated carbocycles. The summed E-state index contributed by atoms with van der Waals surface area (Å²) in [5.74, 6) is -1.26. The number of carbonyl (C=O) groups is 2. The molecule has 3 rings (SSSR count). The van der Waals surface area contributed by atoms with Crippen LogP contribution in [-0.4, -0.2) is 61.9 Å². The van der Waals surface area contributed by atoms with Gasteiger partial charge in [-0.1, -0.05) is 0 Å². The number of nitrogens with zero attached hydrogens (tertiary/aromatic N) is 4. The first kappa shape index (κ1) is 15.2. The van der Waals surface area contributed by atoms with Crippen molar-refractivity contribution in [1.82, 2.24) is 19.7 Å². The maximum absolute atomic E-state index is 12.6. The molecule has 8 nitrogen and oxygen atoms in total. The zero-order valence-electron chi connectivity index (χ0n) is 12.5. The highest BCUT2D eigenvalue weighted by Gasteiger charge is 2.32. The van der Waals surface area contributed by atoms with E-state index in [1.807, 2.05) is 0 Å². The number of aliphatic carboxylic acids is 1. The summed E-state index contributed by atoms with van der Waals surface area (Å²) in [7, 11) is 0. The number of carboxylic acids is 1. The summed E-state index contributed by atoms with van der Waals surface area (Å²) in [5.41, 5.74) is 1.34. The molecule has 0 bridgehead atoms. The van der Waals surface area contributed by atoms with E-state index < -0.39 is 12.1 Å². The van der Waals surface area contributed by atoms with E-state index in [0.29, 0.717) is 12.1 Å². The molecule has 0 spiro atoms. The fraction of sp³-hybridized carbons (Fsp3) is 0.333. The van der Waals surface area contributed by atoms with Crippen molar-refractivity contribution in [2.24, 2.45) is 0 Å². The van der Waals surface area contributed by atoms with Crippen molar-refractivity contribution in [3.05, 3.63) is 42.5 Å². The lowest BCUT2D eigenvalue weighted by atomic mass is 10.1. The third-order valence-corrected chi connectivity index (χ3v) is 3.65. The van der Waals surface area contributed by atoms with Gasteiger partial charge in [-0.3, -0.25) is 9.36 Å². The normalized spacial score (nSPS) is 21.2. The van der Waals surface area contributed by atoms with Gasteiger partial charge in [0.15, 0.2) is 6.10 Å². The fourth-order valence-electron chi connectivity index (χ4n) is 2.55. The van der Waals surface area contributed by atoms with Gasteiger partial charge in [0.25, 0.3) is 5.91 Å². The van der Waals surface area contributed by atoms with E-state index in [0.717, 1.165) is 5.69 Å². The van der Waals surface area contributed by atoms with E-state index in [2.05, 4.69) is 10.2 Å². The highest BCUT2D eigenvalue weighted by atomic mass is 16.5. The van der Waals surface area contributed by atoms with Gasteiger partial charge in [0, 0.05) is 17.8 Å². The molecule has 1 aliphatic rings. The predicted molar refractivity (Wildman–Crippen MR) is 79.2 cm³/mol. The molecule has 2 atom stereocenters. The highest BCUT2D eigenvalue weighted by Crippen LogP contribution is 2.16. The maximum atomic E-state index is 12.6. The Kier molecular flexibility index (Phi) is 4.07. The molecule has 0 aliphatic carbocycles. The Labute approximate surface area is 132 Å². The summed E-state index contributed by atoms with van der Waals surface area (Å²) in [6.45, 7) is 2.17. The Bertz CT molecular complexity index is 699. The van der Waals surface area contributed by atoms with Gasteiger partial charge in [-0.15, -0.1) is 10.2 Å². The third kappa shape index (κ3) is 3.21. The first-order valence-corrected chi connectivity index (χ1v) is 7.17. The van der Waals surface area contributed by atoms with Gasteiger partial charge in [-0.05, 0) is 31.2 Å². The minimum atomic E-state index is -1.06. The van der Waals surface area contributed by atoms with Crippen LogP contribution in [0, 0.1) is 0 Å². The molecule has 1 aliphatic heterocycles. The van der Waals surface area contributed by atoms with Gasteiger partial charge in [0.2, 0.25) is 0 Å². The number of benzene rings is 1. The molecule has 23 heavy (non-hydrogen) atoms. The second-order valence-electron chi connectivity index (χ2n) is 5.40. The summed E-state index contributed by atoms with van der Waals surface area (Å²) in [6, 6.07) is 6.98. The van der Waals surface area contributed by atoms with Gasteiger partial charge in [0.05, 0.1) is 12.6 Å². The second-order valence-corrected chi connectivity index (χ2v) is 5.40. The van der Waals surface area contributed by atoms with Crippen LogP contribution in [0.4, 0.5) is 0 Å². The molecule has 1 N–H and O–H groups in total. The minimum absolute atomic E-state index is 0.0473. The van der Waals surface area contributed by atoms with Crippen molar-refractivity contribution >= 4 is 11.9 Å². The minimum Gasteiger partial charge on any atom is -0.479 e. The summed E-state index contributed by atoms with van der Waals surface area (Å²) in [6.07, 6.45) is 1.83. The second kappa shape index (κ2) is 6.17. The van der Waals surface area contributed by atoms with Crippen LogP contribution in [-0.2, 0) is 9.53 Å². The lowest BCUT2D eigenvalue weighted by Gasteiger charge is -2.35. The quantitative estimate of drug-likeness (QED) is 0.889. The number of hydrogen-bond acceptors (Lipinski definition) is 5. The molecule has 1 saturated heterocycles. The van der Waals surface area contributed by atoms with Gasteiger partial charge >= 0.3 is 5.97 Å². The first-order valence-electron chi connectivity index (χ1n) is 7.17. The van der Waals surface area contributed by atoms with Crippen molar-refractivity contribution in [3.63, 3.8) is 0 Å². The number of hydrogen-bond donors (Lipinski definition) is 1. The summed E-state index contributed by atoms with van der Waals surface area (Å²) in [5, 5.41) is 16.6. The number of rotatable bonds is 3. The Morgan fingerprint density at radius 1 is 1.17 bits per heavy atom. The Hall–Kier alpha value is -2.74. The highest BCUT2D eigenvalue weighted by molar-refractivity contribution is 5.94. The van der Waals surface area contributed by atoms with E-state index in [1.54, 1.807) is 48.4 Å². The maximum Gasteiger partial charge on any atom is 0.334 e. The first-order chi connectivity index (χ1) is 11.0. The molecule has 1 unspecified atom stereocenters. The third-order valence-electron chi connectivity index (χ3n) is 3.65. The smallest absolute Gasteiger partial charge is 0.334 e. The Morgan fingerprint density at radius 3 is 2.43 bits per heavy atom. The van der Waals surface area contributed by atoms with E-state index in [9.17, 15) is 9.59 Å². The fourth-order valence-corrected chi connectivity index (χ4v) is 2.55. The average Bonchev–Trinajstić information content (AvgIpc) is 3.08. The van der Waals surface area contributed by atoms with Gasteiger partial charge in [-0.2, -0.15) is 0 Å². The molecule has 1 amide bonds. The molecule has 0 radical (unpaired) electrons. The van der Waals surface area contributed by atoms with E-state index in [4.69, 9.17) is 9.84 Å². The predicted octanol–water partition coefficient (Wildman–Crippen LogP) is 0.581. The molecule has 1 aromatic heterocycles. The average molecular weight is 316 g/mol. The summed E-state index contributed by atoms with van der Waals surface area (Å²) < 4.78 is 7.05. The van der Waals surface area contributed by atoms with Gasteiger partial charge in [0.1, 0.15) is 12.7 Å². The van der Waals surface area contributed by atoms with Crippen LogP contribution in [0.2, 0.25) is 0 Å². The van der Waals surface area contributed by atoms with Crippen molar-refractivity contribution in [2.45, 2.75) is 19.1 Å². The van der Waals surface area contributed by atoms with Crippen LogP contribution in [0.25, 0.3) is 5.69 Å². The Morgan fingerprint density at radius 2 is 1.83 bits per heavy atom. The molecule has 1 fully saturated rings. The lowest BCUT2D eigenvalue weighted by molar-refractivity contribution is -0.160. The standard InChI is InChI=1S/C15H16N4O4/c1-10-6-18(7-13(23-10)15(21)22)14(20)11-2-4-12(5-3-11)19-8-16-17-9-19/h2-5,8-10,13H,6-7H2,1H3,(H,21,22)/t10-,13?/m1/s1. The largest absolute Gasteiger partial charge is 0.479 e. The number of carboxylic acid groups (broad SMARTS) is 1. The number of aromatic nitrogens is 3. The number of carbonyl (C=O) groups excluding carboxylic acids is 1. The van der Waals surface area contributed by atoms with E-state index in [-0.39, 0.29) is 18.6 Å². The molecular formula is C15H16N4O4. The van der Waals surface area contributed by atoms with Crippen LogP contribution in [0.1, 0.15) is 17.3 Å². The van der Waals surface area contributed by atoms with Crippen LogP contribution < -0.4 is 0 Å². The molecule has 1 aromatic carbocycles. The van der Waals surface area contributed by atoms with Crippen molar-refractivity contribution < 1.29 is 19.4 Å². The van der Waals surface area contributed by atoms with Crippen LogP contribution in [0.15, 0.2) is 36.9 Å². The zero-order valence-corrected chi connectivity index (χ0v) is 12.5. The SMILES string of the molecule is C[C@@H]1CN(C(=O)c2ccc(-n3cnnc3)cc2)CC(C(=O)O)O1. The number of morpholine rings is 1. The molecule has 120 valence electrons. The monoisotopic (exact) mass is 316 g/mol. The topological polar surface area (TPSA) is 97.6 Å². The molecule has 8 heteroatoms. The van der Waals surface area contributed by atoms with Crippen molar-refractivity contribution in [2.75, 3.05) is 13.1 Å². The zero-order chi connectivity index (χ0) is 16.4. The Balaban J connectivity index is 1.76. The molecule has 2 aromatic rings. The molecular weight excluding hydrogens is 300 g/mol. The van der Waals surface area contributed by atoms with Crippen LogP contribution in [0.5, 0.6) is 0 Å². The lowest BCUT2D eigenvalue weighted by Crippen LogP contribution is -2.51. The summed E-state index contributed by atoms with van der Waals surface area (Å²) in [4.78, 5) is 25.2. The summed E-state index contributed by atoms with van der Waals surface area (Å²) >= 11 is 0. The van der Waals surface area contributed by atoms with Crippen molar-refractivity contribution in [1.29, 1.82) is 0 Å². The van der Waals surface area contributed by atoms with Gasteiger partial charge < -0.3 is 14.7 Å². The number of amides is 1. The van der Waals surface area contributed by atoms with Crippen LogP contribution in [0.3, 0.4) is 0 Å². The van der Waals surface area contributed by atoms with E-state index >= 15 is 0 Å². The van der Waals surface area contributed by atoms with Gasteiger partial charge in [-0.25, -0.2) is 4.79 Å². The molecule has 2 heterocycles. The van der Waals surface area contributed by atoms with Crippen LogP contribution >= 0.6 is 0 Å². The number of ether oxygens (including phenoxy) is 1. The van der Waals surface area contributed by atoms with Crippen molar-refractivity contribution in [3.8, 4) is 5.69 Å².